The second kappa shape index (κ2) is 4.26. The third kappa shape index (κ3) is 1.61. The summed E-state index contributed by atoms with van der Waals surface area (Å²) in [5.41, 5.74) is 8.99. The maximum atomic E-state index is 12.0. The van der Waals surface area contributed by atoms with Gasteiger partial charge in [0.15, 0.2) is 0 Å². The molecule has 1 aliphatic rings. The molecule has 1 unspecified atom stereocenters. The molecule has 0 fully saturated rings. The van der Waals surface area contributed by atoms with Crippen molar-refractivity contribution in [3.63, 3.8) is 0 Å². The lowest BCUT2D eigenvalue weighted by Crippen LogP contribution is -2.27. The number of hydrogen-bond donors (Lipinski definition) is 1. The van der Waals surface area contributed by atoms with Crippen molar-refractivity contribution in [1.82, 2.24) is 0 Å². The van der Waals surface area contributed by atoms with Gasteiger partial charge in [-0.3, -0.25) is 4.79 Å². The first-order valence-electron chi connectivity index (χ1n) is 5.83. The Balaban J connectivity index is 2.41. The van der Waals surface area contributed by atoms with Gasteiger partial charge in [0, 0.05) is 12.2 Å². The SMILES string of the molecule is CCN1C(=O)C(C)c2cc(CCN)ccc21. The molecule has 0 saturated carbocycles. The zero-order chi connectivity index (χ0) is 11.7. The van der Waals surface area contributed by atoms with Crippen molar-refractivity contribution >= 4 is 11.6 Å². The molecule has 1 aliphatic heterocycles. The van der Waals surface area contributed by atoms with Crippen molar-refractivity contribution in [2.75, 3.05) is 18.0 Å². The van der Waals surface area contributed by atoms with E-state index >= 15 is 0 Å². The van der Waals surface area contributed by atoms with Gasteiger partial charge in [0.25, 0.3) is 0 Å². The summed E-state index contributed by atoms with van der Waals surface area (Å²) in [5.74, 6) is 0.204. The highest BCUT2D eigenvalue weighted by Gasteiger charge is 2.32. The summed E-state index contributed by atoms with van der Waals surface area (Å²) in [6, 6.07) is 6.24. The van der Waals surface area contributed by atoms with Crippen LogP contribution in [0.2, 0.25) is 0 Å². The Labute approximate surface area is 96.2 Å². The first kappa shape index (κ1) is 11.1. The topological polar surface area (TPSA) is 46.3 Å². The number of benzene rings is 1. The molecule has 0 spiro atoms. The van der Waals surface area contributed by atoms with Crippen LogP contribution in [0.4, 0.5) is 5.69 Å². The van der Waals surface area contributed by atoms with Crippen molar-refractivity contribution in [2.45, 2.75) is 26.2 Å². The minimum Gasteiger partial charge on any atom is -0.330 e. The van der Waals surface area contributed by atoms with Crippen LogP contribution in [0.3, 0.4) is 0 Å². The lowest BCUT2D eigenvalue weighted by Gasteiger charge is -2.14. The van der Waals surface area contributed by atoms with Gasteiger partial charge < -0.3 is 10.6 Å². The number of hydrogen-bond acceptors (Lipinski definition) is 2. The summed E-state index contributed by atoms with van der Waals surface area (Å²) in [6.07, 6.45) is 0.875. The number of nitrogens with zero attached hydrogens (tertiary/aromatic N) is 1. The van der Waals surface area contributed by atoms with Gasteiger partial charge in [-0.1, -0.05) is 12.1 Å². The van der Waals surface area contributed by atoms with E-state index in [-0.39, 0.29) is 11.8 Å². The third-order valence-electron chi connectivity index (χ3n) is 3.23. The normalized spacial score (nSPS) is 19.1. The summed E-state index contributed by atoms with van der Waals surface area (Å²) in [6.45, 7) is 5.38. The van der Waals surface area contributed by atoms with Crippen molar-refractivity contribution in [1.29, 1.82) is 0 Å². The molecule has 0 aromatic heterocycles. The van der Waals surface area contributed by atoms with Gasteiger partial charge in [-0.15, -0.1) is 0 Å². The molecule has 2 rings (SSSR count). The molecular formula is C13H18N2O. The van der Waals surface area contributed by atoms with Crippen LogP contribution in [0.25, 0.3) is 0 Å². The molecule has 1 heterocycles. The predicted octanol–water partition coefficient (Wildman–Crippen LogP) is 1.66. The van der Waals surface area contributed by atoms with Crippen molar-refractivity contribution < 1.29 is 4.79 Å². The van der Waals surface area contributed by atoms with Gasteiger partial charge in [0.1, 0.15) is 0 Å². The minimum absolute atomic E-state index is 0.00678. The molecule has 0 aliphatic carbocycles. The van der Waals surface area contributed by atoms with Crippen LogP contribution in [0, 0.1) is 0 Å². The second-order valence-electron chi connectivity index (χ2n) is 4.24. The predicted molar refractivity (Wildman–Crippen MR) is 65.6 cm³/mol. The Bertz CT molecular complexity index is 414. The molecule has 1 atom stereocenters. The Morgan fingerprint density at radius 3 is 2.81 bits per heavy atom. The highest BCUT2D eigenvalue weighted by molar-refractivity contribution is 6.04. The van der Waals surface area contributed by atoms with E-state index in [1.54, 1.807) is 0 Å². The van der Waals surface area contributed by atoms with E-state index in [0.717, 1.165) is 24.2 Å². The van der Waals surface area contributed by atoms with Crippen LogP contribution in [-0.4, -0.2) is 19.0 Å². The molecule has 3 heteroatoms. The zero-order valence-corrected chi connectivity index (χ0v) is 9.86. The molecule has 1 aromatic carbocycles. The van der Waals surface area contributed by atoms with E-state index in [4.69, 9.17) is 5.73 Å². The van der Waals surface area contributed by atoms with E-state index in [1.165, 1.54) is 5.56 Å². The number of anilines is 1. The highest BCUT2D eigenvalue weighted by atomic mass is 16.2. The van der Waals surface area contributed by atoms with Gasteiger partial charge in [-0.25, -0.2) is 0 Å². The van der Waals surface area contributed by atoms with E-state index in [0.29, 0.717) is 6.54 Å². The molecule has 1 aromatic rings. The third-order valence-corrected chi connectivity index (χ3v) is 3.23. The average molecular weight is 218 g/mol. The summed E-state index contributed by atoms with van der Waals surface area (Å²) < 4.78 is 0. The maximum Gasteiger partial charge on any atom is 0.234 e. The van der Waals surface area contributed by atoms with Gasteiger partial charge in [0.2, 0.25) is 5.91 Å². The van der Waals surface area contributed by atoms with E-state index in [2.05, 4.69) is 12.1 Å². The van der Waals surface area contributed by atoms with E-state index in [9.17, 15) is 4.79 Å². The number of likely N-dealkylation sites (N-methyl/N-ethyl adjacent to an activating group) is 1. The quantitative estimate of drug-likeness (QED) is 0.838. The largest absolute Gasteiger partial charge is 0.330 e. The number of fused-ring (bicyclic) bond motifs is 1. The Kier molecular flexibility index (Phi) is 2.97. The second-order valence-corrected chi connectivity index (χ2v) is 4.24. The van der Waals surface area contributed by atoms with Crippen LogP contribution in [0.1, 0.15) is 30.9 Å². The van der Waals surface area contributed by atoms with Crippen molar-refractivity contribution in [3.8, 4) is 0 Å². The molecular weight excluding hydrogens is 200 g/mol. The fraction of sp³-hybridized carbons (Fsp3) is 0.462. The van der Waals surface area contributed by atoms with Crippen LogP contribution in [-0.2, 0) is 11.2 Å². The van der Waals surface area contributed by atoms with E-state index < -0.39 is 0 Å². The Hall–Kier alpha value is -1.35. The summed E-state index contributed by atoms with van der Waals surface area (Å²) in [7, 11) is 0. The molecule has 1 amide bonds. The first-order chi connectivity index (χ1) is 7.69. The molecule has 16 heavy (non-hydrogen) atoms. The minimum atomic E-state index is -0.00678. The van der Waals surface area contributed by atoms with Crippen LogP contribution in [0.5, 0.6) is 0 Å². The standard InChI is InChI=1S/C13H18N2O/c1-3-15-12-5-4-10(6-7-14)8-11(12)9(2)13(15)16/h4-5,8-9H,3,6-7,14H2,1-2H3. The van der Waals surface area contributed by atoms with Crippen LogP contribution in [0.15, 0.2) is 18.2 Å². The average Bonchev–Trinajstić information content (AvgIpc) is 2.53. The number of rotatable bonds is 3. The number of carbonyl (C=O) groups excluding carboxylic acids is 1. The number of nitrogens with two attached hydrogens (primary N) is 1. The Morgan fingerprint density at radius 2 is 2.19 bits per heavy atom. The van der Waals surface area contributed by atoms with Crippen LogP contribution >= 0.6 is 0 Å². The smallest absolute Gasteiger partial charge is 0.234 e. The summed E-state index contributed by atoms with van der Waals surface area (Å²) in [4.78, 5) is 13.8. The monoisotopic (exact) mass is 218 g/mol. The molecule has 2 N–H and O–H groups in total. The van der Waals surface area contributed by atoms with Gasteiger partial charge in [0.05, 0.1) is 5.92 Å². The summed E-state index contributed by atoms with van der Waals surface area (Å²) in [5, 5.41) is 0. The van der Waals surface area contributed by atoms with Crippen molar-refractivity contribution in [3.05, 3.63) is 29.3 Å². The first-order valence-corrected chi connectivity index (χ1v) is 5.83. The molecule has 0 bridgehead atoms. The summed E-state index contributed by atoms with van der Waals surface area (Å²) >= 11 is 0. The fourth-order valence-corrected chi connectivity index (χ4v) is 2.33. The lowest BCUT2D eigenvalue weighted by atomic mass is 9.99. The fourth-order valence-electron chi connectivity index (χ4n) is 2.33. The lowest BCUT2D eigenvalue weighted by molar-refractivity contribution is -0.118. The molecule has 0 saturated heterocycles. The van der Waals surface area contributed by atoms with Gasteiger partial charge >= 0.3 is 0 Å². The van der Waals surface area contributed by atoms with Crippen molar-refractivity contribution in [2.24, 2.45) is 5.73 Å². The Morgan fingerprint density at radius 1 is 1.44 bits per heavy atom. The maximum absolute atomic E-state index is 12.0. The number of carbonyl (C=O) groups is 1. The molecule has 3 nitrogen and oxygen atoms in total. The van der Waals surface area contributed by atoms with E-state index in [1.807, 2.05) is 24.8 Å². The van der Waals surface area contributed by atoms with Gasteiger partial charge in [-0.2, -0.15) is 0 Å². The highest BCUT2D eigenvalue weighted by Crippen LogP contribution is 2.37. The van der Waals surface area contributed by atoms with Gasteiger partial charge in [-0.05, 0) is 44.0 Å². The number of amides is 1. The van der Waals surface area contributed by atoms with Crippen LogP contribution < -0.4 is 10.6 Å². The molecule has 0 radical (unpaired) electrons. The molecule has 86 valence electrons. The zero-order valence-electron chi connectivity index (χ0n) is 9.86.